The molecule has 0 aromatic heterocycles. The quantitative estimate of drug-likeness (QED) is 0.608. The summed E-state index contributed by atoms with van der Waals surface area (Å²) in [5, 5.41) is 10.0. The number of sulfonamides is 1. The Kier molecular flexibility index (Phi) is 7.07. The second-order valence-electron chi connectivity index (χ2n) is 7.20. The molecule has 2 fully saturated rings. The van der Waals surface area contributed by atoms with Crippen LogP contribution in [0.4, 0.5) is 0 Å². The molecule has 2 saturated heterocycles. The summed E-state index contributed by atoms with van der Waals surface area (Å²) in [6, 6.07) is 7.46. The van der Waals surface area contributed by atoms with Crippen molar-refractivity contribution in [2.24, 2.45) is 0 Å². The Bertz CT molecular complexity index is 691. The smallest absolute Gasteiger partial charge is 0.209 e. The van der Waals surface area contributed by atoms with Gasteiger partial charge in [-0.3, -0.25) is 9.80 Å². The van der Waals surface area contributed by atoms with Crippen LogP contribution in [-0.2, 0) is 21.3 Å². The molecule has 0 saturated carbocycles. The lowest BCUT2D eigenvalue weighted by atomic mass is 10.2. The molecule has 2 N–H and O–H groups in total. The Morgan fingerprint density at radius 1 is 1.19 bits per heavy atom. The third-order valence-corrected chi connectivity index (χ3v) is 5.57. The minimum Gasteiger partial charge on any atom is -0.492 e. The predicted octanol–water partition coefficient (Wildman–Crippen LogP) is -0.508. The number of β-amino-alcohol motifs (C(OH)–C–C–N with tert-alkyl or cyclic N) is 1. The molecule has 0 bridgehead atoms. The summed E-state index contributed by atoms with van der Waals surface area (Å²) >= 11 is 0. The van der Waals surface area contributed by atoms with E-state index in [-0.39, 0.29) is 0 Å². The molecule has 0 aliphatic carbocycles. The number of rotatable bonds is 8. The zero-order valence-electron chi connectivity index (χ0n) is 15.7. The molecule has 2 aliphatic rings. The van der Waals surface area contributed by atoms with Gasteiger partial charge >= 0.3 is 0 Å². The van der Waals surface area contributed by atoms with Gasteiger partial charge in [0.1, 0.15) is 12.4 Å². The summed E-state index contributed by atoms with van der Waals surface area (Å²) < 4.78 is 36.4. The minimum atomic E-state index is -3.32. The summed E-state index contributed by atoms with van der Waals surface area (Å²) in [6.45, 7) is 6.64. The van der Waals surface area contributed by atoms with Crippen molar-refractivity contribution in [2.75, 3.05) is 58.8 Å². The van der Waals surface area contributed by atoms with Gasteiger partial charge in [0.05, 0.1) is 31.6 Å². The first-order chi connectivity index (χ1) is 12.9. The average Bonchev–Trinajstić information content (AvgIpc) is 2.95. The number of benzene rings is 1. The summed E-state index contributed by atoms with van der Waals surface area (Å²) in [5.41, 5.74) is 1.10. The topological polar surface area (TPSA) is 91.3 Å². The van der Waals surface area contributed by atoms with Gasteiger partial charge in [-0.15, -0.1) is 0 Å². The second kappa shape index (κ2) is 9.31. The number of morpholine rings is 1. The molecule has 0 unspecified atom stereocenters. The first-order valence-corrected chi connectivity index (χ1v) is 11.2. The molecule has 0 amide bonds. The third-order valence-electron chi connectivity index (χ3n) is 4.84. The number of ether oxygens (including phenoxy) is 2. The van der Waals surface area contributed by atoms with Crippen LogP contribution in [0, 0.1) is 0 Å². The van der Waals surface area contributed by atoms with Crippen molar-refractivity contribution in [1.29, 1.82) is 0 Å². The Morgan fingerprint density at radius 3 is 2.56 bits per heavy atom. The maximum Gasteiger partial charge on any atom is 0.209 e. The second-order valence-corrected chi connectivity index (χ2v) is 8.98. The van der Waals surface area contributed by atoms with Crippen LogP contribution in [0.1, 0.15) is 5.56 Å². The van der Waals surface area contributed by atoms with Crippen LogP contribution in [0.15, 0.2) is 24.3 Å². The largest absolute Gasteiger partial charge is 0.492 e. The van der Waals surface area contributed by atoms with Crippen LogP contribution >= 0.6 is 0 Å². The SMILES string of the molecule is CS(=O)(=O)N[C@@H]1CN(Cc2ccc(OCCN3CCOCC3)cc2)C[C@H]1O. The number of hydrogen-bond donors (Lipinski definition) is 2. The Balaban J connectivity index is 1.42. The number of likely N-dealkylation sites (tertiary alicyclic amines) is 1. The summed E-state index contributed by atoms with van der Waals surface area (Å²) in [4.78, 5) is 4.37. The Labute approximate surface area is 161 Å². The van der Waals surface area contributed by atoms with Crippen LogP contribution in [-0.4, -0.2) is 94.3 Å². The Hall–Kier alpha value is -1.23. The van der Waals surface area contributed by atoms with Gasteiger partial charge in [-0.1, -0.05) is 12.1 Å². The highest BCUT2D eigenvalue weighted by Crippen LogP contribution is 2.17. The van der Waals surface area contributed by atoms with Crippen molar-refractivity contribution in [3.05, 3.63) is 29.8 Å². The number of aliphatic hydroxyl groups is 1. The van der Waals surface area contributed by atoms with Crippen molar-refractivity contribution in [2.45, 2.75) is 18.7 Å². The molecular weight excluding hydrogens is 370 g/mol. The fraction of sp³-hybridized carbons (Fsp3) is 0.667. The lowest BCUT2D eigenvalue weighted by molar-refractivity contribution is 0.0322. The summed E-state index contributed by atoms with van der Waals surface area (Å²) in [5.74, 6) is 0.838. The minimum absolute atomic E-state index is 0.449. The zero-order valence-corrected chi connectivity index (χ0v) is 16.5. The monoisotopic (exact) mass is 399 g/mol. The number of nitrogens with one attached hydrogen (secondary N) is 1. The summed E-state index contributed by atoms with van der Waals surface area (Å²) in [7, 11) is -3.32. The van der Waals surface area contributed by atoms with Crippen LogP contribution in [0.5, 0.6) is 5.75 Å². The molecule has 27 heavy (non-hydrogen) atoms. The molecule has 8 nitrogen and oxygen atoms in total. The maximum atomic E-state index is 11.4. The molecule has 9 heteroatoms. The van der Waals surface area contributed by atoms with Gasteiger partial charge in [-0.2, -0.15) is 0 Å². The van der Waals surface area contributed by atoms with Crippen LogP contribution in [0.3, 0.4) is 0 Å². The molecule has 1 aromatic carbocycles. The fourth-order valence-electron chi connectivity index (χ4n) is 3.45. The van der Waals surface area contributed by atoms with E-state index in [4.69, 9.17) is 9.47 Å². The van der Waals surface area contributed by atoms with Gasteiger partial charge in [0.25, 0.3) is 0 Å². The van der Waals surface area contributed by atoms with Gasteiger partial charge in [-0.25, -0.2) is 13.1 Å². The average molecular weight is 400 g/mol. The van der Waals surface area contributed by atoms with Gasteiger partial charge < -0.3 is 14.6 Å². The fourth-order valence-corrected chi connectivity index (χ4v) is 4.23. The van der Waals surface area contributed by atoms with Crippen LogP contribution < -0.4 is 9.46 Å². The first-order valence-electron chi connectivity index (χ1n) is 9.28. The molecule has 1 aromatic rings. The van der Waals surface area contributed by atoms with Gasteiger partial charge in [0, 0.05) is 39.3 Å². The molecule has 0 spiro atoms. The zero-order chi connectivity index (χ0) is 19.3. The van der Waals surface area contributed by atoms with Crippen molar-refractivity contribution in [3.63, 3.8) is 0 Å². The van der Waals surface area contributed by atoms with E-state index in [0.717, 1.165) is 50.4 Å². The highest BCUT2D eigenvalue weighted by molar-refractivity contribution is 7.88. The highest BCUT2D eigenvalue weighted by atomic mass is 32.2. The van der Waals surface area contributed by atoms with E-state index in [2.05, 4.69) is 9.62 Å². The standard InChI is InChI=1S/C18H29N3O5S/c1-27(23,24)19-17-13-21(14-18(17)22)12-15-2-4-16(5-3-15)26-11-8-20-6-9-25-10-7-20/h2-5,17-19,22H,6-14H2,1H3/t17-,18-/m1/s1. The van der Waals surface area contributed by atoms with E-state index in [1.54, 1.807) is 0 Å². The lowest BCUT2D eigenvalue weighted by Gasteiger charge is -2.26. The van der Waals surface area contributed by atoms with Crippen molar-refractivity contribution in [1.82, 2.24) is 14.5 Å². The van der Waals surface area contributed by atoms with E-state index in [1.165, 1.54) is 0 Å². The number of hydrogen-bond acceptors (Lipinski definition) is 7. The molecule has 2 aliphatic heterocycles. The third kappa shape index (κ3) is 6.70. The molecule has 3 rings (SSSR count). The molecular formula is C18H29N3O5S. The molecule has 152 valence electrons. The van der Waals surface area contributed by atoms with Gasteiger partial charge in [0.15, 0.2) is 0 Å². The van der Waals surface area contributed by atoms with E-state index < -0.39 is 22.2 Å². The first kappa shape index (κ1) is 20.5. The van der Waals surface area contributed by atoms with E-state index in [0.29, 0.717) is 26.2 Å². The van der Waals surface area contributed by atoms with E-state index in [1.807, 2.05) is 29.2 Å². The predicted molar refractivity (Wildman–Crippen MR) is 102 cm³/mol. The van der Waals surface area contributed by atoms with Crippen molar-refractivity contribution >= 4 is 10.0 Å². The van der Waals surface area contributed by atoms with Crippen molar-refractivity contribution in [3.8, 4) is 5.75 Å². The van der Waals surface area contributed by atoms with E-state index in [9.17, 15) is 13.5 Å². The number of aliphatic hydroxyl groups excluding tert-OH is 1. The van der Waals surface area contributed by atoms with Gasteiger partial charge in [0.2, 0.25) is 10.0 Å². The molecule has 2 atom stereocenters. The Morgan fingerprint density at radius 2 is 1.89 bits per heavy atom. The molecule has 2 heterocycles. The highest BCUT2D eigenvalue weighted by Gasteiger charge is 2.32. The molecule has 0 radical (unpaired) electrons. The lowest BCUT2D eigenvalue weighted by Crippen LogP contribution is -2.42. The van der Waals surface area contributed by atoms with Crippen LogP contribution in [0.2, 0.25) is 0 Å². The maximum absolute atomic E-state index is 11.4. The van der Waals surface area contributed by atoms with Crippen molar-refractivity contribution < 1.29 is 23.0 Å². The van der Waals surface area contributed by atoms with Gasteiger partial charge in [-0.05, 0) is 17.7 Å². The normalized spacial score (nSPS) is 25.0. The van der Waals surface area contributed by atoms with E-state index >= 15 is 0 Å². The summed E-state index contributed by atoms with van der Waals surface area (Å²) in [6.07, 6.45) is 0.419. The number of nitrogens with zero attached hydrogens (tertiary/aromatic N) is 2. The van der Waals surface area contributed by atoms with Crippen LogP contribution in [0.25, 0.3) is 0 Å².